The number of alkyl halides is 2. The second-order valence-corrected chi connectivity index (χ2v) is 2.71. The Labute approximate surface area is 70.4 Å². The Morgan fingerprint density at radius 3 is 2.50 bits per heavy atom. The molecule has 0 bridgehead atoms. The smallest absolute Gasteiger partial charge is 0.282 e. The number of hydrogen-bond acceptors (Lipinski definition) is 3. The van der Waals surface area contributed by atoms with Gasteiger partial charge in [0.25, 0.3) is 5.92 Å². The molecule has 0 rings (SSSR count). The number of halogens is 2. The van der Waals surface area contributed by atoms with Crippen molar-refractivity contribution in [2.24, 2.45) is 0 Å². The molecule has 74 valence electrons. The van der Waals surface area contributed by atoms with Crippen molar-refractivity contribution in [2.75, 3.05) is 19.7 Å². The topological polar surface area (TPSA) is 52.5 Å². The molecule has 0 spiro atoms. The monoisotopic (exact) mass is 183 g/mol. The average Bonchev–Trinajstić information content (AvgIpc) is 2.04. The number of aliphatic hydroxyl groups excluding tert-OH is 2. The van der Waals surface area contributed by atoms with Crippen LogP contribution < -0.4 is 5.32 Å². The summed E-state index contributed by atoms with van der Waals surface area (Å²) in [5.74, 6) is -3.09. The van der Waals surface area contributed by atoms with E-state index in [-0.39, 0.29) is 6.54 Å². The van der Waals surface area contributed by atoms with Gasteiger partial charge in [-0.25, -0.2) is 8.78 Å². The van der Waals surface area contributed by atoms with Crippen LogP contribution in [0.3, 0.4) is 0 Å². The van der Waals surface area contributed by atoms with Gasteiger partial charge in [0.2, 0.25) is 0 Å². The van der Waals surface area contributed by atoms with Gasteiger partial charge in [-0.2, -0.15) is 0 Å². The lowest BCUT2D eigenvalue weighted by molar-refractivity contribution is -0.0488. The van der Waals surface area contributed by atoms with Gasteiger partial charge < -0.3 is 15.5 Å². The van der Waals surface area contributed by atoms with Gasteiger partial charge in [-0.05, 0) is 6.42 Å². The second-order valence-electron chi connectivity index (χ2n) is 2.71. The molecule has 0 heterocycles. The maximum absolute atomic E-state index is 12.3. The number of hydrogen-bond donors (Lipinski definition) is 3. The van der Waals surface area contributed by atoms with Gasteiger partial charge in [0.15, 0.2) is 0 Å². The number of aliphatic hydroxyl groups is 2. The van der Waals surface area contributed by atoms with E-state index in [2.05, 4.69) is 5.32 Å². The van der Waals surface area contributed by atoms with Crippen LogP contribution in [0.5, 0.6) is 0 Å². The van der Waals surface area contributed by atoms with Crippen LogP contribution in [-0.2, 0) is 0 Å². The predicted octanol–water partition coefficient (Wildman–Crippen LogP) is -0.0255. The minimum absolute atomic E-state index is 0.131. The summed E-state index contributed by atoms with van der Waals surface area (Å²) in [4.78, 5) is 0. The SMILES string of the molecule is CCC(O)CNCC(F)(F)CO. The van der Waals surface area contributed by atoms with Crippen molar-refractivity contribution in [1.82, 2.24) is 5.32 Å². The van der Waals surface area contributed by atoms with Crippen LogP contribution in [0.15, 0.2) is 0 Å². The molecule has 12 heavy (non-hydrogen) atoms. The van der Waals surface area contributed by atoms with Gasteiger partial charge in [0.05, 0.1) is 12.6 Å². The zero-order chi connectivity index (χ0) is 9.61. The highest BCUT2D eigenvalue weighted by molar-refractivity contribution is 4.68. The van der Waals surface area contributed by atoms with Gasteiger partial charge in [-0.15, -0.1) is 0 Å². The highest BCUT2D eigenvalue weighted by atomic mass is 19.3. The first-order valence-corrected chi connectivity index (χ1v) is 3.89. The molecular formula is C7H15F2NO2. The molecule has 0 aromatic carbocycles. The largest absolute Gasteiger partial charge is 0.392 e. The molecular weight excluding hydrogens is 168 g/mol. The van der Waals surface area contributed by atoms with Crippen LogP contribution in [0.4, 0.5) is 8.78 Å². The molecule has 0 saturated carbocycles. The number of nitrogens with one attached hydrogen (secondary N) is 1. The van der Waals surface area contributed by atoms with Crippen LogP contribution in [0, 0.1) is 0 Å². The van der Waals surface area contributed by atoms with E-state index in [9.17, 15) is 8.78 Å². The fraction of sp³-hybridized carbons (Fsp3) is 1.00. The van der Waals surface area contributed by atoms with E-state index < -0.39 is 25.2 Å². The van der Waals surface area contributed by atoms with Crippen LogP contribution in [0.2, 0.25) is 0 Å². The zero-order valence-corrected chi connectivity index (χ0v) is 7.06. The van der Waals surface area contributed by atoms with Gasteiger partial charge in [0.1, 0.15) is 6.61 Å². The van der Waals surface area contributed by atoms with Gasteiger partial charge in [-0.3, -0.25) is 0 Å². The summed E-state index contributed by atoms with van der Waals surface area (Å²) in [6.07, 6.45) is -0.0722. The lowest BCUT2D eigenvalue weighted by atomic mass is 10.2. The van der Waals surface area contributed by atoms with E-state index in [0.717, 1.165) is 0 Å². The van der Waals surface area contributed by atoms with E-state index in [4.69, 9.17) is 10.2 Å². The van der Waals surface area contributed by atoms with Gasteiger partial charge in [0, 0.05) is 6.54 Å². The van der Waals surface area contributed by atoms with Crippen LogP contribution >= 0.6 is 0 Å². The van der Waals surface area contributed by atoms with Gasteiger partial charge >= 0.3 is 0 Å². The normalized spacial score (nSPS) is 14.8. The fourth-order valence-corrected chi connectivity index (χ4v) is 0.622. The predicted molar refractivity (Wildman–Crippen MR) is 41.2 cm³/mol. The molecule has 0 saturated heterocycles. The summed E-state index contributed by atoms with van der Waals surface area (Å²) < 4.78 is 24.6. The van der Waals surface area contributed by atoms with E-state index in [1.54, 1.807) is 6.92 Å². The molecule has 0 fully saturated rings. The van der Waals surface area contributed by atoms with Crippen molar-refractivity contribution >= 4 is 0 Å². The number of rotatable bonds is 6. The molecule has 3 N–H and O–H groups in total. The zero-order valence-electron chi connectivity index (χ0n) is 7.06. The van der Waals surface area contributed by atoms with E-state index in [0.29, 0.717) is 6.42 Å². The van der Waals surface area contributed by atoms with Crippen molar-refractivity contribution in [1.29, 1.82) is 0 Å². The standard InChI is InChI=1S/C7H15F2NO2/c1-2-6(12)3-10-4-7(8,9)5-11/h6,10-12H,2-5H2,1H3. The van der Waals surface area contributed by atoms with Crippen molar-refractivity contribution in [2.45, 2.75) is 25.4 Å². The fourth-order valence-electron chi connectivity index (χ4n) is 0.622. The maximum Gasteiger partial charge on any atom is 0.282 e. The summed E-state index contributed by atoms with van der Waals surface area (Å²) >= 11 is 0. The van der Waals surface area contributed by atoms with Crippen molar-refractivity contribution in [3.8, 4) is 0 Å². The maximum atomic E-state index is 12.3. The molecule has 1 unspecified atom stereocenters. The van der Waals surface area contributed by atoms with E-state index in [1.165, 1.54) is 0 Å². The third-order valence-electron chi connectivity index (χ3n) is 1.47. The molecule has 3 nitrogen and oxygen atoms in total. The molecule has 0 aromatic heterocycles. The third-order valence-corrected chi connectivity index (χ3v) is 1.47. The first-order chi connectivity index (χ1) is 5.52. The third kappa shape index (κ3) is 5.40. The molecule has 5 heteroatoms. The molecule has 0 aliphatic carbocycles. The van der Waals surface area contributed by atoms with E-state index in [1.807, 2.05) is 0 Å². The molecule has 1 atom stereocenters. The Morgan fingerprint density at radius 2 is 2.08 bits per heavy atom. The average molecular weight is 183 g/mol. The van der Waals surface area contributed by atoms with Crippen LogP contribution in [0.1, 0.15) is 13.3 Å². The Morgan fingerprint density at radius 1 is 1.50 bits per heavy atom. The molecule has 0 aliphatic heterocycles. The Kier molecular flexibility index (Phi) is 5.28. The van der Waals surface area contributed by atoms with Crippen molar-refractivity contribution in [3.05, 3.63) is 0 Å². The second kappa shape index (κ2) is 5.40. The van der Waals surface area contributed by atoms with Crippen molar-refractivity contribution in [3.63, 3.8) is 0 Å². The quantitative estimate of drug-likeness (QED) is 0.542. The van der Waals surface area contributed by atoms with E-state index >= 15 is 0 Å². The van der Waals surface area contributed by atoms with Crippen LogP contribution in [0.25, 0.3) is 0 Å². The summed E-state index contributed by atoms with van der Waals surface area (Å²) in [5.41, 5.74) is 0. The summed E-state index contributed by atoms with van der Waals surface area (Å²) in [5, 5.41) is 19.5. The lowest BCUT2D eigenvalue weighted by Gasteiger charge is -2.15. The first kappa shape index (κ1) is 11.7. The minimum Gasteiger partial charge on any atom is -0.392 e. The Balaban J connectivity index is 3.42. The minimum atomic E-state index is -3.09. The molecule has 0 aromatic rings. The highest BCUT2D eigenvalue weighted by Crippen LogP contribution is 2.09. The summed E-state index contributed by atoms with van der Waals surface area (Å²) in [6.45, 7) is 0.130. The molecule has 0 amide bonds. The van der Waals surface area contributed by atoms with Crippen molar-refractivity contribution < 1.29 is 19.0 Å². The lowest BCUT2D eigenvalue weighted by Crippen LogP contribution is -2.39. The molecule has 0 aliphatic rings. The summed E-state index contributed by atoms with van der Waals surface area (Å²) in [6, 6.07) is 0. The molecule has 0 radical (unpaired) electrons. The summed E-state index contributed by atoms with van der Waals surface area (Å²) in [7, 11) is 0. The Bertz CT molecular complexity index is 122. The Hall–Kier alpha value is -0.260. The van der Waals surface area contributed by atoms with Gasteiger partial charge in [-0.1, -0.05) is 6.92 Å². The highest BCUT2D eigenvalue weighted by Gasteiger charge is 2.26. The first-order valence-electron chi connectivity index (χ1n) is 3.89. The van der Waals surface area contributed by atoms with Crippen LogP contribution in [-0.4, -0.2) is 41.9 Å².